The van der Waals surface area contributed by atoms with Gasteiger partial charge in [-0.05, 0) is 50.9 Å². The Morgan fingerprint density at radius 1 is 0.600 bits per heavy atom. The summed E-state index contributed by atoms with van der Waals surface area (Å²) in [6.07, 6.45) is 5.58. The van der Waals surface area contributed by atoms with Crippen molar-refractivity contribution in [3.63, 3.8) is 0 Å². The van der Waals surface area contributed by atoms with E-state index in [4.69, 9.17) is 26.7 Å². The molecule has 0 aromatic carbocycles. The quantitative estimate of drug-likeness (QED) is 0.376. The summed E-state index contributed by atoms with van der Waals surface area (Å²) in [7, 11) is 0. The molecule has 0 aliphatic carbocycles. The summed E-state index contributed by atoms with van der Waals surface area (Å²) in [5.74, 6) is -1.01. The lowest BCUT2D eigenvalue weighted by Crippen LogP contribution is -2.47. The van der Waals surface area contributed by atoms with Gasteiger partial charge in [0.1, 0.15) is 0 Å². The average molecular weight is 544 g/mol. The van der Waals surface area contributed by atoms with Crippen molar-refractivity contribution < 1.29 is 26.7 Å². The highest BCUT2D eigenvalue weighted by Gasteiger charge is 2.19. The van der Waals surface area contributed by atoms with Crippen LogP contribution in [-0.2, 0) is 4.74 Å². The van der Waals surface area contributed by atoms with E-state index >= 15 is 0 Å². The number of rotatable bonds is 12. The number of anilines is 2. The Morgan fingerprint density at radius 3 is 1.34 bits per heavy atom. The van der Waals surface area contributed by atoms with Crippen LogP contribution in [0.25, 0.3) is 0 Å². The van der Waals surface area contributed by atoms with Gasteiger partial charge in [-0.15, -0.1) is 24.8 Å². The van der Waals surface area contributed by atoms with Crippen molar-refractivity contribution in [3.8, 4) is 0 Å². The van der Waals surface area contributed by atoms with Crippen LogP contribution in [0.1, 0.15) is 47.6 Å². The van der Waals surface area contributed by atoms with E-state index < -0.39 is 63.9 Å². The SMILES string of the molecule is Cl.Cl.[2H]C1([2H])N(CCCCOCCCCN2C([2H])([2H])C([2H])([2H])N(c3ncccn3)C([2H])([2H])C2([2H])[2H])C([2H])([2H])C([2H])([2H])N(c2ncccn2)C1([2H])[2H]. The average Bonchev–Trinajstić information content (AvgIpc) is 2.98. The van der Waals surface area contributed by atoms with Gasteiger partial charge in [0.05, 0.1) is 11.0 Å². The molecule has 0 N–H and O–H groups in total. The smallest absolute Gasteiger partial charge is 0.225 e. The van der Waals surface area contributed by atoms with Gasteiger partial charge in [-0.25, -0.2) is 19.9 Å². The van der Waals surface area contributed by atoms with Gasteiger partial charge in [0.15, 0.2) is 0 Å². The van der Waals surface area contributed by atoms with Crippen molar-refractivity contribution in [1.82, 2.24) is 29.7 Å². The van der Waals surface area contributed by atoms with E-state index in [1.54, 1.807) is 0 Å². The summed E-state index contributed by atoms with van der Waals surface area (Å²) in [6, 6.07) is 2.81. The number of nitrogens with zero attached hydrogens (tertiary/aromatic N) is 8. The number of ether oxygens (including phenoxy) is 1. The molecule has 4 heterocycles. The highest BCUT2D eigenvalue weighted by molar-refractivity contribution is 5.85. The van der Waals surface area contributed by atoms with E-state index in [2.05, 4.69) is 19.9 Å². The van der Waals surface area contributed by atoms with Gasteiger partial charge in [0, 0.05) is 101 Å². The first kappa shape index (κ1) is 13.7. The number of hydrogen-bond acceptors (Lipinski definition) is 9. The third kappa shape index (κ3) is 10.0. The van der Waals surface area contributed by atoms with E-state index in [0.29, 0.717) is 9.80 Å². The van der Waals surface area contributed by atoms with Crippen LogP contribution in [0.4, 0.5) is 11.9 Å². The molecule has 0 bridgehead atoms. The van der Waals surface area contributed by atoms with Gasteiger partial charge in [-0.1, -0.05) is 0 Å². The molecule has 2 saturated heterocycles. The Bertz CT molecular complexity index is 1270. The largest absolute Gasteiger partial charge is 0.381 e. The minimum absolute atomic E-state index is 0. The van der Waals surface area contributed by atoms with E-state index in [0.717, 1.165) is 0 Å². The fourth-order valence-electron chi connectivity index (χ4n) is 2.84. The zero-order chi connectivity index (χ0) is 36.9. The molecular formula is C24H40Cl2N8O. The number of halogens is 2. The molecule has 2 aromatic heterocycles. The molecule has 0 unspecified atom stereocenters. The van der Waals surface area contributed by atoms with Crippen molar-refractivity contribution in [1.29, 1.82) is 0 Å². The molecule has 0 radical (unpaired) electrons. The fourth-order valence-corrected chi connectivity index (χ4v) is 2.84. The van der Waals surface area contributed by atoms with Crippen molar-refractivity contribution in [2.24, 2.45) is 0 Å². The molecule has 0 spiro atoms. The van der Waals surface area contributed by atoms with Gasteiger partial charge >= 0.3 is 0 Å². The summed E-state index contributed by atoms with van der Waals surface area (Å²) in [6.45, 7) is -24.9. The molecule has 11 heteroatoms. The first-order valence-electron chi connectivity index (χ1n) is 18.7. The predicted molar refractivity (Wildman–Crippen MR) is 145 cm³/mol. The number of piperazine rings is 2. The maximum absolute atomic E-state index is 8.50. The summed E-state index contributed by atoms with van der Waals surface area (Å²) in [4.78, 5) is 16.9. The third-order valence-electron chi connectivity index (χ3n) is 4.53. The topological polar surface area (TPSA) is 73.8 Å². The van der Waals surface area contributed by atoms with Crippen molar-refractivity contribution in [2.45, 2.75) is 25.7 Å². The Labute approximate surface area is 244 Å². The molecule has 0 saturated carbocycles. The summed E-state index contributed by atoms with van der Waals surface area (Å²) < 4.78 is 141. The van der Waals surface area contributed by atoms with Crippen molar-refractivity contribution >= 4 is 36.7 Å². The Kier molecular flexibility index (Phi) is 6.57. The summed E-state index contributed by atoms with van der Waals surface area (Å²) >= 11 is 0. The van der Waals surface area contributed by atoms with Gasteiger partial charge in [-0.3, -0.25) is 9.80 Å². The van der Waals surface area contributed by atoms with E-state index in [-0.39, 0.29) is 86.6 Å². The molecular weight excluding hydrogens is 487 g/mol. The molecule has 0 atom stereocenters. The van der Waals surface area contributed by atoms with Gasteiger partial charge in [0.25, 0.3) is 0 Å². The zero-order valence-electron chi connectivity index (χ0n) is 34.9. The number of hydrogen-bond donors (Lipinski definition) is 0. The molecule has 2 aliphatic rings. The second-order valence-electron chi connectivity index (χ2n) is 6.99. The predicted octanol–water partition coefficient (Wildman–Crippen LogP) is 2.63. The standard InChI is InChI=1S/C24H38N8O.2ClH/c1(11-29-13-17-31(18-14-29)23-25-7-5-8-26-23)3-21-33-22-4-2-12-30-15-19-32(20-16-30)24-27-9-6-10-28-24;;/h5-10H,1-4,11-22H2;2*1H/i13D2,14D2,15D2,16D2,17D2,18D2,19D2,20D2;;. The van der Waals surface area contributed by atoms with Crippen molar-refractivity contribution in [3.05, 3.63) is 36.9 Å². The van der Waals surface area contributed by atoms with Gasteiger partial charge in [0.2, 0.25) is 11.9 Å². The Balaban J connectivity index is 0.00000451. The van der Waals surface area contributed by atoms with Crippen LogP contribution < -0.4 is 9.80 Å². The van der Waals surface area contributed by atoms with E-state index in [1.807, 2.05) is 0 Å². The molecule has 196 valence electrons. The van der Waals surface area contributed by atoms with Crippen LogP contribution >= 0.6 is 24.8 Å². The maximum Gasteiger partial charge on any atom is 0.225 e. The molecule has 0 amide bonds. The Hall–Kier alpha value is -1.78. The van der Waals surface area contributed by atoms with E-state index in [1.165, 1.54) is 36.9 Å². The molecule has 9 nitrogen and oxygen atoms in total. The van der Waals surface area contributed by atoms with Crippen LogP contribution in [0.15, 0.2) is 36.9 Å². The van der Waals surface area contributed by atoms with Crippen LogP contribution in [-0.4, -0.2) is 108 Å². The van der Waals surface area contributed by atoms with E-state index in [9.17, 15) is 0 Å². The van der Waals surface area contributed by atoms with Gasteiger partial charge in [-0.2, -0.15) is 0 Å². The number of aromatic nitrogens is 4. The summed E-state index contributed by atoms with van der Waals surface area (Å²) in [5.41, 5.74) is 0. The molecule has 2 fully saturated rings. The first-order chi connectivity index (χ1) is 22.4. The second kappa shape index (κ2) is 16.8. The Morgan fingerprint density at radius 2 is 0.971 bits per heavy atom. The fraction of sp³-hybridized carbons (Fsp3) is 0.667. The van der Waals surface area contributed by atoms with Crippen LogP contribution in [0.3, 0.4) is 0 Å². The lowest BCUT2D eigenvalue weighted by atomic mass is 10.2. The first-order valence-corrected chi connectivity index (χ1v) is 10.7. The van der Waals surface area contributed by atoms with Crippen LogP contribution in [0, 0.1) is 0 Å². The lowest BCUT2D eigenvalue weighted by molar-refractivity contribution is 0.119. The molecule has 35 heavy (non-hydrogen) atoms. The van der Waals surface area contributed by atoms with Gasteiger partial charge < -0.3 is 14.5 Å². The summed E-state index contributed by atoms with van der Waals surface area (Å²) in [5, 5.41) is 0. The minimum Gasteiger partial charge on any atom is -0.381 e. The minimum atomic E-state index is -3.08. The van der Waals surface area contributed by atoms with Crippen LogP contribution in [0.2, 0.25) is 0 Å². The third-order valence-corrected chi connectivity index (χ3v) is 4.53. The normalized spacial score (nSPS) is 35.3. The van der Waals surface area contributed by atoms with Crippen LogP contribution in [0.5, 0.6) is 0 Å². The molecule has 2 aliphatic heterocycles. The maximum atomic E-state index is 8.50. The number of unbranched alkanes of at least 4 members (excludes halogenated alkanes) is 2. The highest BCUT2D eigenvalue weighted by atomic mass is 35.5. The zero-order valence-corrected chi connectivity index (χ0v) is 20.6. The van der Waals surface area contributed by atoms with Crippen molar-refractivity contribution in [2.75, 3.05) is 88.1 Å². The molecule has 4 rings (SSSR count). The second-order valence-corrected chi connectivity index (χ2v) is 6.99. The monoisotopic (exact) mass is 542 g/mol. The lowest BCUT2D eigenvalue weighted by Gasteiger charge is -2.34. The molecule has 2 aromatic rings. The highest BCUT2D eigenvalue weighted by Crippen LogP contribution is 2.11.